The molecule has 0 aromatic carbocycles. The molecule has 10 heavy (non-hydrogen) atoms. The van der Waals surface area contributed by atoms with Gasteiger partial charge in [0, 0.05) is 0 Å². The Bertz CT molecular complexity index is 237. The molecule has 1 heterocycles. The highest BCUT2D eigenvalue weighted by molar-refractivity contribution is 9.10. The van der Waals surface area contributed by atoms with Gasteiger partial charge >= 0.3 is 0 Å². The van der Waals surface area contributed by atoms with Gasteiger partial charge in [0.15, 0.2) is 0 Å². The Labute approximate surface area is 74.4 Å². The molecule has 0 saturated heterocycles. The lowest BCUT2D eigenvalue weighted by atomic mass is 10.2. The summed E-state index contributed by atoms with van der Waals surface area (Å²) >= 11 is 7.47. The fourth-order valence-electron chi connectivity index (χ4n) is 0.730. The van der Waals surface area contributed by atoms with E-state index in [1.54, 1.807) is 0 Å². The van der Waals surface area contributed by atoms with Crippen LogP contribution in [0.5, 0.6) is 0 Å². The quantitative estimate of drug-likeness (QED) is 0.564. The topological polar surface area (TPSA) is 12.9 Å². The normalized spacial score (nSPS) is 9.90. The second-order valence-electron chi connectivity index (χ2n) is 1.97. The van der Waals surface area contributed by atoms with Crippen LogP contribution in [0.15, 0.2) is 21.8 Å². The third-order valence-electron chi connectivity index (χ3n) is 1.30. The SMILES string of the molecule is CCc1ccc(Br)nc1S. The van der Waals surface area contributed by atoms with Crippen molar-refractivity contribution in [3.8, 4) is 0 Å². The van der Waals surface area contributed by atoms with Crippen molar-refractivity contribution in [2.75, 3.05) is 0 Å². The number of rotatable bonds is 1. The van der Waals surface area contributed by atoms with Crippen molar-refractivity contribution >= 4 is 28.6 Å². The Morgan fingerprint density at radius 2 is 2.30 bits per heavy atom. The second kappa shape index (κ2) is 3.39. The first-order chi connectivity index (χ1) is 4.74. The van der Waals surface area contributed by atoms with Crippen molar-refractivity contribution in [2.24, 2.45) is 0 Å². The van der Waals surface area contributed by atoms with E-state index in [9.17, 15) is 0 Å². The van der Waals surface area contributed by atoms with Gasteiger partial charge in [-0.05, 0) is 34.0 Å². The molecule has 0 fully saturated rings. The average molecular weight is 218 g/mol. The summed E-state index contributed by atoms with van der Waals surface area (Å²) in [5.74, 6) is 0. The van der Waals surface area contributed by atoms with Gasteiger partial charge in [-0.15, -0.1) is 12.6 Å². The molecule has 0 aliphatic carbocycles. The van der Waals surface area contributed by atoms with E-state index in [4.69, 9.17) is 0 Å². The summed E-state index contributed by atoms with van der Waals surface area (Å²) in [5, 5.41) is 0.817. The van der Waals surface area contributed by atoms with Crippen LogP contribution in [0.2, 0.25) is 0 Å². The van der Waals surface area contributed by atoms with Gasteiger partial charge in [0.2, 0.25) is 0 Å². The van der Waals surface area contributed by atoms with Crippen LogP contribution in [0.1, 0.15) is 12.5 Å². The highest BCUT2D eigenvalue weighted by Gasteiger charge is 1.96. The molecule has 1 aromatic rings. The summed E-state index contributed by atoms with van der Waals surface area (Å²) in [4.78, 5) is 4.13. The summed E-state index contributed by atoms with van der Waals surface area (Å²) in [5.41, 5.74) is 1.19. The molecule has 0 atom stereocenters. The molecule has 0 amide bonds. The fraction of sp³-hybridized carbons (Fsp3) is 0.286. The summed E-state index contributed by atoms with van der Waals surface area (Å²) in [6.07, 6.45) is 0.985. The minimum absolute atomic E-state index is 0.817. The number of thiol groups is 1. The van der Waals surface area contributed by atoms with Gasteiger partial charge in [-0.25, -0.2) is 4.98 Å². The number of nitrogens with zero attached hydrogens (tertiary/aromatic N) is 1. The molecule has 0 saturated carbocycles. The summed E-state index contributed by atoms with van der Waals surface area (Å²) in [7, 11) is 0. The lowest BCUT2D eigenvalue weighted by Crippen LogP contribution is -1.86. The molecule has 0 unspecified atom stereocenters. The number of aryl methyl sites for hydroxylation is 1. The summed E-state index contributed by atoms with van der Waals surface area (Å²) in [6, 6.07) is 3.96. The minimum Gasteiger partial charge on any atom is -0.235 e. The zero-order valence-electron chi connectivity index (χ0n) is 5.63. The van der Waals surface area contributed by atoms with Crippen LogP contribution in [0.3, 0.4) is 0 Å². The smallest absolute Gasteiger partial charge is 0.107 e. The van der Waals surface area contributed by atoms with Gasteiger partial charge in [0.1, 0.15) is 4.60 Å². The van der Waals surface area contributed by atoms with Crippen molar-refractivity contribution in [3.63, 3.8) is 0 Å². The molecule has 0 spiro atoms. The Hall–Kier alpha value is -0.0200. The van der Waals surface area contributed by atoms with E-state index < -0.39 is 0 Å². The maximum atomic E-state index is 4.21. The fourth-order valence-corrected chi connectivity index (χ4v) is 1.52. The van der Waals surface area contributed by atoms with E-state index in [2.05, 4.69) is 40.5 Å². The third kappa shape index (κ3) is 1.73. The summed E-state index contributed by atoms with van der Waals surface area (Å²) < 4.78 is 0.842. The molecule has 54 valence electrons. The number of pyridine rings is 1. The van der Waals surface area contributed by atoms with E-state index in [1.165, 1.54) is 5.56 Å². The first-order valence-electron chi connectivity index (χ1n) is 3.08. The summed E-state index contributed by atoms with van der Waals surface area (Å²) in [6.45, 7) is 2.09. The van der Waals surface area contributed by atoms with Crippen LogP contribution >= 0.6 is 28.6 Å². The number of halogens is 1. The Balaban J connectivity index is 3.07. The first-order valence-corrected chi connectivity index (χ1v) is 4.32. The molecule has 1 aromatic heterocycles. The Morgan fingerprint density at radius 1 is 1.60 bits per heavy atom. The second-order valence-corrected chi connectivity index (χ2v) is 3.21. The van der Waals surface area contributed by atoms with Crippen LogP contribution < -0.4 is 0 Å². The molecule has 1 rings (SSSR count). The molecular formula is C7H8BrNS. The van der Waals surface area contributed by atoms with E-state index in [0.29, 0.717) is 0 Å². The van der Waals surface area contributed by atoms with Gasteiger partial charge in [-0.3, -0.25) is 0 Å². The Morgan fingerprint density at radius 3 is 2.80 bits per heavy atom. The van der Waals surface area contributed by atoms with Crippen molar-refractivity contribution < 1.29 is 0 Å². The predicted molar refractivity (Wildman–Crippen MR) is 48.6 cm³/mol. The Kier molecular flexibility index (Phi) is 2.74. The molecule has 3 heteroatoms. The standard InChI is InChI=1S/C7H8BrNS/c1-2-5-3-4-6(8)9-7(5)10/h3-4H,2H2,1H3,(H,9,10). The van der Waals surface area contributed by atoms with E-state index >= 15 is 0 Å². The van der Waals surface area contributed by atoms with Gasteiger partial charge in [-0.1, -0.05) is 13.0 Å². The van der Waals surface area contributed by atoms with Crippen LogP contribution in [-0.2, 0) is 6.42 Å². The van der Waals surface area contributed by atoms with E-state index in [1.807, 2.05) is 12.1 Å². The zero-order valence-corrected chi connectivity index (χ0v) is 8.11. The van der Waals surface area contributed by atoms with Gasteiger partial charge in [0.25, 0.3) is 0 Å². The molecule has 0 radical (unpaired) electrons. The maximum absolute atomic E-state index is 4.21. The van der Waals surface area contributed by atoms with Crippen molar-refractivity contribution in [3.05, 3.63) is 22.3 Å². The van der Waals surface area contributed by atoms with E-state index in [0.717, 1.165) is 16.0 Å². The van der Waals surface area contributed by atoms with Gasteiger partial charge in [0.05, 0.1) is 5.03 Å². The minimum atomic E-state index is 0.817. The van der Waals surface area contributed by atoms with E-state index in [-0.39, 0.29) is 0 Å². The van der Waals surface area contributed by atoms with Crippen LogP contribution in [0, 0.1) is 0 Å². The molecule has 0 bridgehead atoms. The van der Waals surface area contributed by atoms with Crippen molar-refractivity contribution in [1.29, 1.82) is 0 Å². The largest absolute Gasteiger partial charge is 0.235 e. The van der Waals surface area contributed by atoms with Crippen molar-refractivity contribution in [2.45, 2.75) is 18.4 Å². The third-order valence-corrected chi connectivity index (χ3v) is 2.13. The zero-order chi connectivity index (χ0) is 7.56. The van der Waals surface area contributed by atoms with Crippen molar-refractivity contribution in [1.82, 2.24) is 4.98 Å². The number of hydrogen-bond acceptors (Lipinski definition) is 2. The molecule has 0 aliphatic rings. The lowest BCUT2D eigenvalue weighted by molar-refractivity contribution is 0.985. The molecule has 0 N–H and O–H groups in total. The van der Waals surface area contributed by atoms with Crippen LogP contribution in [-0.4, -0.2) is 4.98 Å². The maximum Gasteiger partial charge on any atom is 0.107 e. The molecule has 1 nitrogen and oxygen atoms in total. The highest BCUT2D eigenvalue weighted by Crippen LogP contribution is 2.15. The molecule has 0 aliphatic heterocycles. The molecular weight excluding hydrogens is 210 g/mol. The van der Waals surface area contributed by atoms with Gasteiger partial charge < -0.3 is 0 Å². The lowest BCUT2D eigenvalue weighted by Gasteiger charge is -1.99. The number of aromatic nitrogens is 1. The highest BCUT2D eigenvalue weighted by atomic mass is 79.9. The van der Waals surface area contributed by atoms with Crippen LogP contribution in [0.4, 0.5) is 0 Å². The monoisotopic (exact) mass is 217 g/mol. The first kappa shape index (κ1) is 8.08. The predicted octanol–water partition coefficient (Wildman–Crippen LogP) is 2.70. The van der Waals surface area contributed by atoms with Crippen LogP contribution in [0.25, 0.3) is 0 Å². The average Bonchev–Trinajstić information content (AvgIpc) is 1.88. The number of hydrogen-bond donors (Lipinski definition) is 1. The van der Waals surface area contributed by atoms with Gasteiger partial charge in [-0.2, -0.15) is 0 Å².